The summed E-state index contributed by atoms with van der Waals surface area (Å²) in [5.74, 6) is 1.18. The van der Waals surface area contributed by atoms with Crippen molar-refractivity contribution in [2.45, 2.75) is 41.9 Å². The maximum Gasteiger partial charge on any atom is 0.243 e. The molecule has 4 rings (SSSR count). The van der Waals surface area contributed by atoms with Crippen LogP contribution >= 0.6 is 23.2 Å². The van der Waals surface area contributed by atoms with Gasteiger partial charge in [0.05, 0.1) is 5.41 Å². The van der Waals surface area contributed by atoms with E-state index in [0.29, 0.717) is 18.3 Å². The molecule has 2 saturated carbocycles. The molecule has 3 nitrogen and oxygen atoms in total. The topological polar surface area (TPSA) is 41.5 Å². The molecule has 1 amide bonds. The molecule has 0 aliphatic heterocycles. The van der Waals surface area contributed by atoms with Crippen LogP contribution in [0.3, 0.4) is 0 Å². The van der Waals surface area contributed by atoms with Crippen LogP contribution in [-0.2, 0) is 10.2 Å². The molecule has 25 heavy (non-hydrogen) atoms. The normalized spacial score (nSPS) is 35.5. The predicted octanol–water partition coefficient (Wildman–Crippen LogP) is 4.60. The maximum atomic E-state index is 12.5. The molecule has 1 aromatic rings. The van der Waals surface area contributed by atoms with Crippen LogP contribution in [0.4, 0.5) is 0 Å². The summed E-state index contributed by atoms with van der Waals surface area (Å²) in [5, 5.41) is 4.23. The number of hydrogen-bond acceptors (Lipinski definition) is 2. The van der Waals surface area contributed by atoms with E-state index in [1.807, 2.05) is 30.3 Å². The van der Waals surface area contributed by atoms with Crippen molar-refractivity contribution in [3.63, 3.8) is 0 Å². The summed E-state index contributed by atoms with van der Waals surface area (Å²) in [6, 6.07) is 9.87. The molecule has 3 aliphatic carbocycles. The molecular weight excluding hydrogens is 355 g/mol. The lowest BCUT2D eigenvalue weighted by atomic mass is 9.97. The van der Waals surface area contributed by atoms with Crippen molar-refractivity contribution in [2.24, 2.45) is 22.9 Å². The SMILES string of the molecule is O=C(NN=CC1(c2ccccc2)CC1(Cl)Cl)C1C2CCC=CCCC21. The number of rotatable bonds is 4. The van der Waals surface area contributed by atoms with Crippen LogP contribution in [0.1, 0.15) is 37.7 Å². The average Bonchev–Trinajstić information content (AvgIpc) is 3.41. The van der Waals surface area contributed by atoms with Crippen LogP contribution < -0.4 is 5.43 Å². The van der Waals surface area contributed by atoms with E-state index in [-0.39, 0.29) is 11.8 Å². The zero-order valence-corrected chi connectivity index (χ0v) is 15.5. The highest BCUT2D eigenvalue weighted by Gasteiger charge is 2.66. The molecular formula is C20H22Cl2N2O. The number of allylic oxidation sites excluding steroid dienone is 2. The van der Waals surface area contributed by atoms with Crippen LogP contribution in [0.15, 0.2) is 47.6 Å². The Morgan fingerprint density at radius 3 is 2.28 bits per heavy atom. The van der Waals surface area contributed by atoms with Crippen molar-refractivity contribution < 1.29 is 4.79 Å². The first-order valence-electron chi connectivity index (χ1n) is 8.98. The lowest BCUT2D eigenvalue weighted by Crippen LogP contribution is -2.24. The zero-order valence-electron chi connectivity index (χ0n) is 14.0. The molecule has 0 heterocycles. The highest BCUT2D eigenvalue weighted by atomic mass is 35.5. The van der Waals surface area contributed by atoms with Gasteiger partial charge in [-0.3, -0.25) is 4.79 Å². The lowest BCUT2D eigenvalue weighted by molar-refractivity contribution is -0.122. The lowest BCUT2D eigenvalue weighted by Gasteiger charge is -2.13. The van der Waals surface area contributed by atoms with Crippen molar-refractivity contribution in [3.05, 3.63) is 48.0 Å². The standard InChI is InChI=1S/C20H22Cl2N2O/c21-20(22)12-19(20,14-8-4-3-5-9-14)13-23-24-18(25)17-15-10-6-1-2-7-11-16(15)17/h1-5,8-9,13,15-17H,6-7,10-12H2,(H,24,25). The van der Waals surface area contributed by atoms with Crippen LogP contribution in [0.25, 0.3) is 0 Å². The van der Waals surface area contributed by atoms with Gasteiger partial charge in [-0.2, -0.15) is 5.10 Å². The number of amides is 1. The molecule has 132 valence electrons. The third-order valence-corrected chi connectivity index (χ3v) is 6.85. The molecule has 1 aromatic carbocycles. The Labute approximate surface area is 158 Å². The fraction of sp³-hybridized carbons (Fsp3) is 0.500. The fourth-order valence-electron chi connectivity index (χ4n) is 4.28. The fourth-order valence-corrected chi connectivity index (χ4v) is 5.02. The van der Waals surface area contributed by atoms with Gasteiger partial charge in [-0.15, -0.1) is 23.2 Å². The van der Waals surface area contributed by atoms with Gasteiger partial charge >= 0.3 is 0 Å². The summed E-state index contributed by atoms with van der Waals surface area (Å²) in [6.07, 6.45) is 11.1. The number of alkyl halides is 2. The average molecular weight is 377 g/mol. The third-order valence-electron chi connectivity index (χ3n) is 5.91. The van der Waals surface area contributed by atoms with E-state index in [9.17, 15) is 4.79 Å². The molecule has 0 aromatic heterocycles. The molecule has 5 heteroatoms. The summed E-state index contributed by atoms with van der Waals surface area (Å²) < 4.78 is -0.863. The van der Waals surface area contributed by atoms with Crippen molar-refractivity contribution in [1.29, 1.82) is 0 Å². The molecule has 1 N–H and O–H groups in total. The monoisotopic (exact) mass is 376 g/mol. The second kappa shape index (κ2) is 6.44. The molecule has 3 aliphatic rings. The largest absolute Gasteiger partial charge is 0.273 e. The first kappa shape index (κ1) is 17.1. The Kier molecular flexibility index (Phi) is 4.41. The molecule has 0 spiro atoms. The Morgan fingerprint density at radius 1 is 1.12 bits per heavy atom. The van der Waals surface area contributed by atoms with E-state index in [4.69, 9.17) is 23.2 Å². The summed E-state index contributed by atoms with van der Waals surface area (Å²) >= 11 is 12.8. The maximum absolute atomic E-state index is 12.5. The number of hydrogen-bond donors (Lipinski definition) is 1. The van der Waals surface area contributed by atoms with E-state index in [2.05, 4.69) is 22.7 Å². The molecule has 0 bridgehead atoms. The van der Waals surface area contributed by atoms with Crippen molar-refractivity contribution in [1.82, 2.24) is 5.43 Å². The molecule has 0 saturated heterocycles. The number of hydrazone groups is 1. The molecule has 3 atom stereocenters. The van der Waals surface area contributed by atoms with Crippen LogP contribution in [0.2, 0.25) is 0 Å². The summed E-state index contributed by atoms with van der Waals surface area (Å²) in [5.41, 5.74) is 3.25. The number of fused-ring (bicyclic) bond motifs is 1. The molecule has 2 fully saturated rings. The van der Waals surface area contributed by atoms with Gasteiger partial charge in [-0.25, -0.2) is 5.43 Å². The van der Waals surface area contributed by atoms with Gasteiger partial charge in [0.1, 0.15) is 4.33 Å². The van der Waals surface area contributed by atoms with Gasteiger partial charge in [0.2, 0.25) is 5.91 Å². The van der Waals surface area contributed by atoms with E-state index in [1.165, 1.54) is 0 Å². The van der Waals surface area contributed by atoms with Crippen molar-refractivity contribution in [3.8, 4) is 0 Å². The second-order valence-electron chi connectivity index (χ2n) is 7.43. The minimum Gasteiger partial charge on any atom is -0.273 e. The first-order chi connectivity index (χ1) is 12.1. The Morgan fingerprint density at radius 2 is 1.72 bits per heavy atom. The van der Waals surface area contributed by atoms with Crippen LogP contribution in [0.5, 0.6) is 0 Å². The van der Waals surface area contributed by atoms with Gasteiger partial charge in [0.25, 0.3) is 0 Å². The van der Waals surface area contributed by atoms with E-state index < -0.39 is 9.75 Å². The summed E-state index contributed by atoms with van der Waals surface area (Å²) in [4.78, 5) is 12.5. The van der Waals surface area contributed by atoms with Gasteiger partial charge in [0, 0.05) is 12.1 Å². The van der Waals surface area contributed by atoms with E-state index in [0.717, 1.165) is 31.2 Å². The quantitative estimate of drug-likeness (QED) is 0.354. The highest BCUT2D eigenvalue weighted by Crippen LogP contribution is 2.63. The van der Waals surface area contributed by atoms with Gasteiger partial charge < -0.3 is 0 Å². The summed E-state index contributed by atoms with van der Waals surface area (Å²) in [7, 11) is 0. The predicted molar refractivity (Wildman–Crippen MR) is 102 cm³/mol. The molecule has 3 unspecified atom stereocenters. The number of benzene rings is 1. The third kappa shape index (κ3) is 3.13. The van der Waals surface area contributed by atoms with Gasteiger partial charge in [-0.1, -0.05) is 42.5 Å². The Bertz CT molecular complexity index is 700. The van der Waals surface area contributed by atoms with Crippen LogP contribution in [0, 0.1) is 17.8 Å². The Balaban J connectivity index is 1.40. The molecule has 0 radical (unpaired) electrons. The van der Waals surface area contributed by atoms with Gasteiger partial charge in [-0.05, 0) is 49.5 Å². The summed E-state index contributed by atoms with van der Waals surface area (Å²) in [6.45, 7) is 0. The van der Waals surface area contributed by atoms with E-state index >= 15 is 0 Å². The Hall–Kier alpha value is -1.32. The second-order valence-corrected chi connectivity index (χ2v) is 8.92. The number of carbonyl (C=O) groups is 1. The van der Waals surface area contributed by atoms with Gasteiger partial charge in [0.15, 0.2) is 0 Å². The van der Waals surface area contributed by atoms with Crippen molar-refractivity contribution in [2.75, 3.05) is 0 Å². The first-order valence-corrected chi connectivity index (χ1v) is 9.73. The smallest absolute Gasteiger partial charge is 0.243 e. The van der Waals surface area contributed by atoms with Crippen LogP contribution in [-0.4, -0.2) is 16.5 Å². The zero-order chi connectivity index (χ0) is 17.5. The minimum absolute atomic E-state index is 0.0340. The number of nitrogens with zero attached hydrogens (tertiary/aromatic N) is 1. The van der Waals surface area contributed by atoms with E-state index in [1.54, 1.807) is 6.21 Å². The highest BCUT2D eigenvalue weighted by molar-refractivity contribution is 6.53. The van der Waals surface area contributed by atoms with Crippen molar-refractivity contribution >= 4 is 35.3 Å². The number of carbonyl (C=O) groups excluding carboxylic acids is 1. The number of halogens is 2. The number of nitrogens with one attached hydrogen (secondary N) is 1. The minimum atomic E-state index is -0.863.